The summed E-state index contributed by atoms with van der Waals surface area (Å²) in [7, 11) is 0. The summed E-state index contributed by atoms with van der Waals surface area (Å²) >= 11 is 0. The minimum atomic E-state index is -1.31. The van der Waals surface area contributed by atoms with Crippen molar-refractivity contribution in [3.8, 4) is 5.75 Å². The second-order valence-electron chi connectivity index (χ2n) is 9.76. The number of nitrogens with one attached hydrogen (secondary N) is 2. The van der Waals surface area contributed by atoms with Crippen LogP contribution in [-0.4, -0.2) is 63.7 Å². The molecule has 4 amide bonds. The standard InChI is InChI=1S/C27H36N4O7/c1-17-8-5-6-11-20(17)29-24(35)23(18-9-7-10-19(33)16-18)31(14-15-32)25(36)21(12-13-22(28)34)30-26(37)38-27(2,3)4/h5-11,16,21,23,32-33H,12-15H2,1-4H3,(H2,28,34)(H,29,35)(H,30,37). The van der Waals surface area contributed by atoms with Crippen LogP contribution in [0.2, 0.25) is 0 Å². The molecule has 0 aliphatic heterocycles. The minimum absolute atomic E-state index is 0.134. The summed E-state index contributed by atoms with van der Waals surface area (Å²) in [5.41, 5.74) is 5.98. The number of para-hydroxylation sites is 1. The zero-order valence-electron chi connectivity index (χ0n) is 22.1. The summed E-state index contributed by atoms with van der Waals surface area (Å²) in [4.78, 5) is 52.6. The molecule has 0 saturated carbocycles. The molecule has 0 saturated heterocycles. The number of ether oxygens (including phenoxy) is 1. The van der Waals surface area contributed by atoms with E-state index in [0.29, 0.717) is 5.69 Å². The molecule has 2 aromatic rings. The maximum atomic E-state index is 13.8. The van der Waals surface area contributed by atoms with Gasteiger partial charge in [0, 0.05) is 18.7 Å². The third kappa shape index (κ3) is 9.07. The van der Waals surface area contributed by atoms with E-state index in [1.165, 1.54) is 18.2 Å². The Kier molecular flexibility index (Phi) is 10.6. The summed E-state index contributed by atoms with van der Waals surface area (Å²) < 4.78 is 5.27. The number of aliphatic hydroxyl groups excluding tert-OH is 1. The fraction of sp³-hybridized carbons (Fsp3) is 0.407. The van der Waals surface area contributed by atoms with Crippen molar-refractivity contribution >= 4 is 29.5 Å². The third-order valence-electron chi connectivity index (χ3n) is 5.44. The van der Waals surface area contributed by atoms with Crippen molar-refractivity contribution in [2.24, 2.45) is 5.73 Å². The number of aliphatic hydroxyl groups is 1. The predicted octanol–water partition coefficient (Wildman–Crippen LogP) is 2.36. The Morgan fingerprint density at radius 2 is 1.76 bits per heavy atom. The number of nitrogens with zero attached hydrogens (tertiary/aromatic N) is 1. The number of aryl methyl sites for hydroxylation is 1. The predicted molar refractivity (Wildman–Crippen MR) is 141 cm³/mol. The first-order chi connectivity index (χ1) is 17.8. The van der Waals surface area contributed by atoms with Crippen molar-refractivity contribution in [2.45, 2.75) is 58.2 Å². The number of phenolic OH excluding ortho intramolecular Hbond substituents is 1. The van der Waals surface area contributed by atoms with Gasteiger partial charge in [0.25, 0.3) is 5.91 Å². The van der Waals surface area contributed by atoms with Crippen LogP contribution in [0, 0.1) is 6.92 Å². The summed E-state index contributed by atoms with van der Waals surface area (Å²) in [6.07, 6.45) is -1.30. The van der Waals surface area contributed by atoms with E-state index >= 15 is 0 Å². The van der Waals surface area contributed by atoms with Crippen molar-refractivity contribution in [2.75, 3.05) is 18.5 Å². The van der Waals surface area contributed by atoms with Crippen LogP contribution >= 0.6 is 0 Å². The van der Waals surface area contributed by atoms with Gasteiger partial charge < -0.3 is 36.2 Å². The van der Waals surface area contributed by atoms with Gasteiger partial charge in [0.05, 0.1) is 6.61 Å². The SMILES string of the molecule is Cc1ccccc1NC(=O)C(c1cccc(O)c1)N(CCO)C(=O)C(CCC(N)=O)NC(=O)OC(C)(C)C. The number of rotatable bonds is 11. The van der Waals surface area contributed by atoms with Crippen LogP contribution in [0.5, 0.6) is 5.75 Å². The first-order valence-electron chi connectivity index (χ1n) is 12.2. The smallest absolute Gasteiger partial charge is 0.408 e. The van der Waals surface area contributed by atoms with E-state index in [1.54, 1.807) is 52.0 Å². The molecule has 0 heterocycles. The second-order valence-corrected chi connectivity index (χ2v) is 9.76. The zero-order valence-corrected chi connectivity index (χ0v) is 22.1. The lowest BCUT2D eigenvalue weighted by Gasteiger charge is -2.34. The summed E-state index contributed by atoms with van der Waals surface area (Å²) in [5, 5.41) is 25.2. The number of phenols is 1. The fourth-order valence-corrected chi connectivity index (χ4v) is 3.75. The van der Waals surface area contributed by atoms with Crippen LogP contribution in [0.3, 0.4) is 0 Å². The topological polar surface area (TPSA) is 171 Å². The molecule has 2 aromatic carbocycles. The van der Waals surface area contributed by atoms with Crippen LogP contribution < -0.4 is 16.4 Å². The molecule has 6 N–H and O–H groups in total. The molecule has 11 nitrogen and oxygen atoms in total. The molecular weight excluding hydrogens is 492 g/mol. The van der Waals surface area contributed by atoms with E-state index in [2.05, 4.69) is 10.6 Å². The van der Waals surface area contributed by atoms with Gasteiger partial charge in [0.2, 0.25) is 11.8 Å². The molecule has 0 aromatic heterocycles. The number of hydrogen-bond acceptors (Lipinski definition) is 7. The summed E-state index contributed by atoms with van der Waals surface area (Å²) in [6, 6.07) is 10.3. The Hall–Kier alpha value is -4.12. The van der Waals surface area contributed by atoms with E-state index in [1.807, 2.05) is 6.07 Å². The van der Waals surface area contributed by atoms with Crippen LogP contribution in [-0.2, 0) is 19.1 Å². The normalized spacial score (nSPS) is 12.7. The Labute approximate surface area is 222 Å². The van der Waals surface area contributed by atoms with Gasteiger partial charge in [-0.3, -0.25) is 14.4 Å². The van der Waals surface area contributed by atoms with E-state index in [-0.39, 0.29) is 30.7 Å². The average molecular weight is 529 g/mol. The Bertz CT molecular complexity index is 1150. The van der Waals surface area contributed by atoms with Gasteiger partial charge in [0.15, 0.2) is 0 Å². The van der Waals surface area contributed by atoms with Crippen LogP contribution in [0.4, 0.5) is 10.5 Å². The van der Waals surface area contributed by atoms with E-state index in [4.69, 9.17) is 10.5 Å². The highest BCUT2D eigenvalue weighted by atomic mass is 16.6. The molecular formula is C27H36N4O7. The van der Waals surface area contributed by atoms with Gasteiger partial charge in [-0.15, -0.1) is 0 Å². The van der Waals surface area contributed by atoms with Gasteiger partial charge in [-0.25, -0.2) is 4.79 Å². The van der Waals surface area contributed by atoms with Gasteiger partial charge >= 0.3 is 6.09 Å². The Morgan fingerprint density at radius 1 is 1.08 bits per heavy atom. The maximum absolute atomic E-state index is 13.8. The van der Waals surface area contributed by atoms with Gasteiger partial charge in [0.1, 0.15) is 23.4 Å². The molecule has 206 valence electrons. The first kappa shape index (κ1) is 30.1. The monoisotopic (exact) mass is 528 g/mol. The first-order valence-corrected chi connectivity index (χ1v) is 12.2. The Morgan fingerprint density at radius 3 is 2.34 bits per heavy atom. The molecule has 0 fully saturated rings. The number of hydrogen-bond donors (Lipinski definition) is 5. The zero-order chi connectivity index (χ0) is 28.5. The molecule has 0 bridgehead atoms. The van der Waals surface area contributed by atoms with Crippen molar-refractivity contribution in [3.05, 3.63) is 59.7 Å². The quantitative estimate of drug-likeness (QED) is 0.298. The van der Waals surface area contributed by atoms with Crippen molar-refractivity contribution < 1.29 is 34.1 Å². The number of primary amides is 1. The molecule has 0 spiro atoms. The molecule has 38 heavy (non-hydrogen) atoms. The number of amides is 4. The lowest BCUT2D eigenvalue weighted by Crippen LogP contribution is -2.53. The van der Waals surface area contributed by atoms with E-state index in [0.717, 1.165) is 10.5 Å². The van der Waals surface area contributed by atoms with Crippen molar-refractivity contribution in [3.63, 3.8) is 0 Å². The van der Waals surface area contributed by atoms with Crippen LogP contribution in [0.25, 0.3) is 0 Å². The van der Waals surface area contributed by atoms with Gasteiger partial charge in [-0.2, -0.15) is 0 Å². The third-order valence-corrected chi connectivity index (χ3v) is 5.44. The lowest BCUT2D eigenvalue weighted by molar-refractivity contribution is -0.141. The maximum Gasteiger partial charge on any atom is 0.408 e. The van der Waals surface area contributed by atoms with Crippen LogP contribution in [0.15, 0.2) is 48.5 Å². The molecule has 11 heteroatoms. The summed E-state index contributed by atoms with van der Waals surface area (Å²) in [6.45, 7) is 5.97. The van der Waals surface area contributed by atoms with Crippen molar-refractivity contribution in [1.82, 2.24) is 10.2 Å². The molecule has 2 unspecified atom stereocenters. The second kappa shape index (κ2) is 13.4. The number of benzene rings is 2. The molecule has 0 radical (unpaired) electrons. The fourth-order valence-electron chi connectivity index (χ4n) is 3.75. The average Bonchev–Trinajstić information content (AvgIpc) is 2.81. The van der Waals surface area contributed by atoms with Crippen molar-refractivity contribution in [1.29, 1.82) is 0 Å². The minimum Gasteiger partial charge on any atom is -0.508 e. The molecule has 2 atom stereocenters. The molecule has 2 rings (SSSR count). The summed E-state index contributed by atoms with van der Waals surface area (Å²) in [5.74, 6) is -2.19. The number of carbonyl (C=O) groups is 4. The molecule has 0 aliphatic carbocycles. The number of anilines is 1. The number of alkyl carbamates (subject to hydrolysis) is 1. The van der Waals surface area contributed by atoms with E-state index < -0.39 is 48.1 Å². The highest BCUT2D eigenvalue weighted by Crippen LogP contribution is 2.27. The highest BCUT2D eigenvalue weighted by molar-refractivity contribution is 5.99. The number of carbonyl (C=O) groups excluding carboxylic acids is 4. The molecule has 0 aliphatic rings. The largest absolute Gasteiger partial charge is 0.508 e. The highest BCUT2D eigenvalue weighted by Gasteiger charge is 2.36. The van der Waals surface area contributed by atoms with Crippen LogP contribution in [0.1, 0.15) is 50.8 Å². The van der Waals surface area contributed by atoms with Gasteiger partial charge in [-0.1, -0.05) is 30.3 Å². The Balaban J connectivity index is 2.51. The number of aromatic hydroxyl groups is 1. The lowest BCUT2D eigenvalue weighted by atomic mass is 10.0. The number of nitrogens with two attached hydrogens (primary N) is 1. The van der Waals surface area contributed by atoms with E-state index in [9.17, 15) is 29.4 Å². The van der Waals surface area contributed by atoms with Gasteiger partial charge in [-0.05, 0) is 63.4 Å².